The minimum atomic E-state index is -3.08. The molecule has 0 bridgehead atoms. The molecule has 0 aliphatic heterocycles. The van der Waals surface area contributed by atoms with Gasteiger partial charge in [0, 0.05) is 6.07 Å². The Morgan fingerprint density at radius 3 is 2.54 bits per heavy atom. The molecule has 0 spiro atoms. The highest BCUT2D eigenvalue weighted by Gasteiger charge is 2.19. The highest BCUT2D eigenvalue weighted by molar-refractivity contribution is 8.04. The number of aromatic nitrogens is 1. The molecule has 0 saturated carbocycles. The van der Waals surface area contributed by atoms with Gasteiger partial charge in [0.2, 0.25) is 5.91 Å². The van der Waals surface area contributed by atoms with Gasteiger partial charge < -0.3 is 15.4 Å². The van der Waals surface area contributed by atoms with Gasteiger partial charge in [0.1, 0.15) is 34.0 Å². The van der Waals surface area contributed by atoms with Crippen molar-refractivity contribution >= 4 is 56.2 Å². The standard InChI is InChI=1S/C25H16F4N4O2S2/c26-14-9-10-17(16(27)11-14)32-23(15(12-30)24-33-19-6-2-4-8-21(19)37-24)36-13-22(34)31-18-5-1-3-7-20(18)35-25(28)29/h1-11,25,32H,13H2,(H,31,34)/b23-15-. The van der Waals surface area contributed by atoms with Crippen molar-refractivity contribution in [2.75, 3.05) is 16.4 Å². The number of carbonyl (C=O) groups excluding carboxylic acids is 1. The number of fused-ring (bicyclic) bond motifs is 1. The summed E-state index contributed by atoms with van der Waals surface area (Å²) < 4.78 is 58.4. The van der Waals surface area contributed by atoms with Crippen LogP contribution >= 0.6 is 23.1 Å². The number of rotatable bonds is 9. The number of nitriles is 1. The Hall–Kier alpha value is -4.08. The third-order valence-electron chi connectivity index (χ3n) is 4.75. The zero-order valence-corrected chi connectivity index (χ0v) is 20.3. The Kier molecular flexibility index (Phi) is 8.27. The molecule has 188 valence electrons. The van der Waals surface area contributed by atoms with Crippen molar-refractivity contribution in [3.63, 3.8) is 0 Å². The minimum absolute atomic E-state index is 0.0307. The smallest absolute Gasteiger partial charge is 0.387 e. The predicted octanol–water partition coefficient (Wildman–Crippen LogP) is 6.85. The number of thioether (sulfide) groups is 1. The van der Waals surface area contributed by atoms with Crippen LogP contribution in [0.2, 0.25) is 0 Å². The van der Waals surface area contributed by atoms with Gasteiger partial charge in [-0.3, -0.25) is 4.79 Å². The van der Waals surface area contributed by atoms with Crippen molar-refractivity contribution < 1.29 is 27.1 Å². The average molecular weight is 545 g/mol. The summed E-state index contributed by atoms with van der Waals surface area (Å²) in [5.74, 6) is -2.79. The maximum absolute atomic E-state index is 14.4. The number of nitrogens with zero attached hydrogens (tertiary/aromatic N) is 2. The lowest BCUT2D eigenvalue weighted by Gasteiger charge is -2.14. The summed E-state index contributed by atoms with van der Waals surface area (Å²) in [7, 11) is 0. The normalized spacial score (nSPS) is 11.7. The molecule has 1 amide bonds. The number of carbonyl (C=O) groups is 1. The molecule has 37 heavy (non-hydrogen) atoms. The van der Waals surface area contributed by atoms with Gasteiger partial charge in [-0.1, -0.05) is 36.0 Å². The maximum atomic E-state index is 14.4. The zero-order valence-electron chi connectivity index (χ0n) is 18.7. The Labute approximate surface area is 216 Å². The molecule has 0 saturated heterocycles. The summed E-state index contributed by atoms with van der Waals surface area (Å²) in [6.45, 7) is -3.08. The Morgan fingerprint density at radius 1 is 1.05 bits per heavy atom. The number of anilines is 2. The number of halogens is 4. The monoisotopic (exact) mass is 544 g/mol. The molecule has 0 aliphatic carbocycles. The number of hydrogen-bond donors (Lipinski definition) is 2. The van der Waals surface area contributed by atoms with E-state index < -0.39 is 24.2 Å². The van der Waals surface area contributed by atoms with E-state index in [1.54, 1.807) is 12.1 Å². The van der Waals surface area contributed by atoms with Gasteiger partial charge in [0.15, 0.2) is 0 Å². The van der Waals surface area contributed by atoms with Crippen LogP contribution in [-0.2, 0) is 4.79 Å². The van der Waals surface area contributed by atoms with E-state index in [1.165, 1.54) is 35.6 Å². The Balaban J connectivity index is 1.63. The molecule has 12 heteroatoms. The van der Waals surface area contributed by atoms with E-state index >= 15 is 0 Å². The van der Waals surface area contributed by atoms with Crippen molar-refractivity contribution in [2.45, 2.75) is 6.61 Å². The topological polar surface area (TPSA) is 87.0 Å². The second-order valence-corrected chi connectivity index (χ2v) is 9.28. The van der Waals surface area contributed by atoms with E-state index in [2.05, 4.69) is 20.4 Å². The van der Waals surface area contributed by atoms with Gasteiger partial charge in [0.25, 0.3) is 0 Å². The van der Waals surface area contributed by atoms with Crippen LogP contribution in [0.15, 0.2) is 71.8 Å². The zero-order chi connectivity index (χ0) is 26.4. The molecule has 3 aromatic carbocycles. The molecule has 2 N–H and O–H groups in total. The number of nitrogens with one attached hydrogen (secondary N) is 2. The second-order valence-electron chi connectivity index (χ2n) is 7.26. The van der Waals surface area contributed by atoms with Crippen LogP contribution in [0.3, 0.4) is 0 Å². The molecule has 6 nitrogen and oxygen atoms in total. The fraction of sp³-hybridized carbons (Fsp3) is 0.0800. The van der Waals surface area contributed by atoms with Crippen LogP contribution < -0.4 is 15.4 Å². The highest BCUT2D eigenvalue weighted by atomic mass is 32.2. The van der Waals surface area contributed by atoms with Gasteiger partial charge in [-0.15, -0.1) is 11.3 Å². The van der Waals surface area contributed by atoms with Gasteiger partial charge in [-0.05, 0) is 36.4 Å². The lowest BCUT2D eigenvalue weighted by atomic mass is 10.3. The Morgan fingerprint density at radius 2 is 1.81 bits per heavy atom. The van der Waals surface area contributed by atoms with E-state index in [0.29, 0.717) is 16.6 Å². The highest BCUT2D eigenvalue weighted by Crippen LogP contribution is 2.34. The molecule has 4 rings (SSSR count). The molecule has 1 aromatic heterocycles. The van der Waals surface area contributed by atoms with E-state index in [0.717, 1.165) is 28.6 Å². The van der Waals surface area contributed by atoms with Crippen LogP contribution in [0.25, 0.3) is 15.8 Å². The Bertz CT molecular complexity index is 1490. The van der Waals surface area contributed by atoms with Crippen molar-refractivity contribution in [1.82, 2.24) is 4.98 Å². The molecular formula is C25H16F4N4O2S2. The first-order valence-corrected chi connectivity index (χ1v) is 12.3. The van der Waals surface area contributed by atoms with Gasteiger partial charge in [-0.25, -0.2) is 13.8 Å². The van der Waals surface area contributed by atoms with Gasteiger partial charge in [-0.2, -0.15) is 14.0 Å². The maximum Gasteiger partial charge on any atom is 0.387 e. The van der Waals surface area contributed by atoms with E-state index in [9.17, 15) is 27.6 Å². The molecule has 1 heterocycles. The summed E-state index contributed by atoms with van der Waals surface area (Å²) in [6, 6.07) is 17.8. The van der Waals surface area contributed by atoms with Crippen molar-refractivity contribution in [1.29, 1.82) is 5.26 Å². The van der Waals surface area contributed by atoms with Crippen LogP contribution in [0.4, 0.5) is 28.9 Å². The van der Waals surface area contributed by atoms with E-state index in [1.807, 2.05) is 18.2 Å². The third-order valence-corrected chi connectivity index (χ3v) is 6.81. The molecule has 0 unspecified atom stereocenters. The number of hydrogen-bond acceptors (Lipinski definition) is 7. The molecule has 4 aromatic rings. The van der Waals surface area contributed by atoms with Crippen LogP contribution in [0, 0.1) is 23.0 Å². The largest absolute Gasteiger partial charge is 0.433 e. The van der Waals surface area contributed by atoms with E-state index in [-0.39, 0.29) is 33.5 Å². The van der Waals surface area contributed by atoms with Gasteiger partial charge in [0.05, 0.1) is 32.4 Å². The van der Waals surface area contributed by atoms with Crippen molar-refractivity contribution in [3.8, 4) is 11.8 Å². The number of thiazole rings is 1. The molecular weight excluding hydrogens is 528 g/mol. The second kappa shape index (κ2) is 11.8. The number of allylic oxidation sites excluding steroid dienone is 1. The number of para-hydroxylation sites is 3. The van der Waals surface area contributed by atoms with Crippen LogP contribution in [0.1, 0.15) is 5.01 Å². The summed E-state index contributed by atoms with van der Waals surface area (Å²) in [5, 5.41) is 15.6. The first-order chi connectivity index (χ1) is 17.8. The first kappa shape index (κ1) is 26.0. The molecule has 0 aliphatic rings. The summed E-state index contributed by atoms with van der Waals surface area (Å²) in [4.78, 5) is 17.1. The number of alkyl halides is 2. The fourth-order valence-corrected chi connectivity index (χ4v) is 5.00. The van der Waals surface area contributed by atoms with Crippen molar-refractivity contribution in [3.05, 3.63) is 88.4 Å². The predicted molar refractivity (Wildman–Crippen MR) is 136 cm³/mol. The SMILES string of the molecule is N#C/C(=C(\Nc1ccc(F)cc1F)SCC(=O)Nc1ccccc1OC(F)F)c1nc2ccccc2s1. The lowest BCUT2D eigenvalue weighted by Crippen LogP contribution is -2.16. The summed E-state index contributed by atoms with van der Waals surface area (Å²) >= 11 is 2.10. The van der Waals surface area contributed by atoms with E-state index in [4.69, 9.17) is 0 Å². The average Bonchev–Trinajstić information content (AvgIpc) is 3.29. The quantitative estimate of drug-likeness (QED) is 0.177. The number of benzene rings is 3. The van der Waals surface area contributed by atoms with Crippen molar-refractivity contribution in [2.24, 2.45) is 0 Å². The fourth-order valence-electron chi connectivity index (χ4n) is 3.15. The molecule has 0 fully saturated rings. The van der Waals surface area contributed by atoms with Crippen LogP contribution in [-0.4, -0.2) is 23.3 Å². The first-order valence-electron chi connectivity index (χ1n) is 10.5. The lowest BCUT2D eigenvalue weighted by molar-refractivity contribution is -0.113. The summed E-state index contributed by atoms with van der Waals surface area (Å²) in [5.41, 5.74) is 0.613. The minimum Gasteiger partial charge on any atom is -0.433 e. The number of ether oxygens (including phenoxy) is 1. The van der Waals surface area contributed by atoms with Gasteiger partial charge >= 0.3 is 6.61 Å². The summed E-state index contributed by atoms with van der Waals surface area (Å²) in [6.07, 6.45) is 0. The van der Waals surface area contributed by atoms with Crippen LogP contribution in [0.5, 0.6) is 5.75 Å². The number of amides is 1. The molecule has 0 radical (unpaired) electrons. The molecule has 0 atom stereocenters. The third kappa shape index (κ3) is 6.58.